The Balaban J connectivity index is 2.05. The molecule has 6 nitrogen and oxygen atoms in total. The fourth-order valence-corrected chi connectivity index (χ4v) is 5.50. The Hall–Kier alpha value is -1.44. The summed E-state index contributed by atoms with van der Waals surface area (Å²) < 4.78 is 32.6. The number of nitrogens with zero attached hydrogens (tertiary/aromatic N) is 1. The van der Waals surface area contributed by atoms with E-state index >= 15 is 0 Å². The van der Waals surface area contributed by atoms with Crippen LogP contribution < -0.4 is 5.32 Å². The number of ether oxygens (including phenoxy) is 1. The van der Waals surface area contributed by atoms with Gasteiger partial charge in [0.2, 0.25) is 10.0 Å². The van der Waals surface area contributed by atoms with Gasteiger partial charge in [0.05, 0.1) is 17.6 Å². The number of esters is 1. The summed E-state index contributed by atoms with van der Waals surface area (Å²) in [6, 6.07) is 6.23. The number of fused-ring (bicyclic) bond motifs is 2. The van der Waals surface area contributed by atoms with E-state index in [0.29, 0.717) is 6.54 Å². The normalized spacial score (nSPS) is 25.7. The summed E-state index contributed by atoms with van der Waals surface area (Å²) in [7, 11) is -2.46. The number of rotatable bonds is 3. The molecule has 2 fully saturated rings. The van der Waals surface area contributed by atoms with E-state index in [0.717, 1.165) is 25.8 Å². The molecule has 0 aliphatic carbocycles. The van der Waals surface area contributed by atoms with Gasteiger partial charge in [0.15, 0.2) is 0 Å². The number of nitrogens with one attached hydrogen (secondary N) is 1. The Bertz CT molecular complexity index is 660. The Kier molecular flexibility index (Phi) is 4.20. The van der Waals surface area contributed by atoms with Gasteiger partial charge in [0.25, 0.3) is 0 Å². The van der Waals surface area contributed by atoms with Gasteiger partial charge in [0.1, 0.15) is 0 Å². The second-order valence-electron chi connectivity index (χ2n) is 5.70. The zero-order valence-electron chi connectivity index (χ0n) is 12.5. The molecule has 2 bridgehead atoms. The molecule has 0 radical (unpaired) electrons. The molecule has 1 N–H and O–H groups in total. The van der Waals surface area contributed by atoms with Crippen molar-refractivity contribution in [1.82, 2.24) is 9.62 Å². The van der Waals surface area contributed by atoms with Crippen molar-refractivity contribution in [3.8, 4) is 0 Å². The van der Waals surface area contributed by atoms with Gasteiger partial charge in [-0.2, -0.15) is 4.31 Å². The number of benzene rings is 1. The molecule has 0 amide bonds. The lowest BCUT2D eigenvalue weighted by Crippen LogP contribution is -2.42. The lowest BCUT2D eigenvalue weighted by atomic mass is 10.1. The summed E-state index contributed by atoms with van der Waals surface area (Å²) >= 11 is 0. The minimum absolute atomic E-state index is 0.00991. The second kappa shape index (κ2) is 5.98. The fourth-order valence-electron chi connectivity index (χ4n) is 3.41. The maximum Gasteiger partial charge on any atom is 0.339 e. The van der Waals surface area contributed by atoms with Crippen molar-refractivity contribution in [1.29, 1.82) is 0 Å². The van der Waals surface area contributed by atoms with E-state index in [4.69, 9.17) is 4.74 Å². The molecule has 2 aliphatic rings. The average molecular weight is 324 g/mol. The van der Waals surface area contributed by atoms with Crippen LogP contribution in [0.25, 0.3) is 0 Å². The van der Waals surface area contributed by atoms with Crippen molar-refractivity contribution in [2.45, 2.75) is 36.2 Å². The second-order valence-corrected chi connectivity index (χ2v) is 7.51. The molecule has 0 aromatic heterocycles. The Morgan fingerprint density at radius 2 is 1.95 bits per heavy atom. The topological polar surface area (TPSA) is 75.7 Å². The zero-order valence-corrected chi connectivity index (χ0v) is 13.3. The van der Waals surface area contributed by atoms with Crippen LogP contribution in [0.1, 0.15) is 29.6 Å². The van der Waals surface area contributed by atoms with Crippen LogP contribution in [0.15, 0.2) is 29.2 Å². The molecule has 120 valence electrons. The van der Waals surface area contributed by atoms with Crippen LogP contribution >= 0.6 is 0 Å². The quantitative estimate of drug-likeness (QED) is 0.839. The SMILES string of the molecule is COC(=O)c1ccccc1S(=O)(=O)N1C2CCNCC1CC2. The first-order valence-electron chi connectivity index (χ1n) is 7.47. The monoisotopic (exact) mass is 324 g/mol. The summed E-state index contributed by atoms with van der Waals surface area (Å²) in [6.07, 6.45) is 2.54. The molecule has 22 heavy (non-hydrogen) atoms. The third kappa shape index (κ3) is 2.53. The number of sulfonamides is 1. The van der Waals surface area contributed by atoms with Crippen LogP contribution in [-0.2, 0) is 14.8 Å². The number of hydrogen-bond acceptors (Lipinski definition) is 5. The summed E-state index contributed by atoms with van der Waals surface area (Å²) in [5.74, 6) is -0.625. The Morgan fingerprint density at radius 1 is 1.23 bits per heavy atom. The van der Waals surface area contributed by atoms with Crippen LogP contribution in [0.4, 0.5) is 0 Å². The lowest BCUT2D eigenvalue weighted by molar-refractivity contribution is 0.0596. The molecule has 2 aliphatic heterocycles. The van der Waals surface area contributed by atoms with Gasteiger partial charge in [-0.1, -0.05) is 12.1 Å². The van der Waals surface area contributed by atoms with E-state index in [1.54, 1.807) is 16.4 Å². The van der Waals surface area contributed by atoms with Crippen molar-refractivity contribution in [2.75, 3.05) is 20.2 Å². The van der Waals surface area contributed by atoms with Gasteiger partial charge in [0, 0.05) is 18.6 Å². The molecule has 7 heteroatoms. The minimum Gasteiger partial charge on any atom is -0.465 e. The molecule has 2 atom stereocenters. The molecule has 0 spiro atoms. The predicted molar refractivity (Wildman–Crippen MR) is 81.1 cm³/mol. The highest BCUT2D eigenvalue weighted by Gasteiger charge is 2.44. The Labute approximate surface area is 130 Å². The van der Waals surface area contributed by atoms with Crippen molar-refractivity contribution in [2.24, 2.45) is 0 Å². The molecular weight excluding hydrogens is 304 g/mol. The van der Waals surface area contributed by atoms with E-state index in [1.165, 1.54) is 19.2 Å². The third-order valence-electron chi connectivity index (χ3n) is 4.44. The van der Waals surface area contributed by atoms with E-state index in [9.17, 15) is 13.2 Å². The minimum atomic E-state index is -3.71. The van der Waals surface area contributed by atoms with Gasteiger partial charge in [-0.05, 0) is 37.9 Å². The van der Waals surface area contributed by atoms with Crippen LogP contribution in [0.5, 0.6) is 0 Å². The largest absolute Gasteiger partial charge is 0.465 e. The highest BCUT2D eigenvalue weighted by molar-refractivity contribution is 7.89. The molecule has 2 heterocycles. The van der Waals surface area contributed by atoms with Crippen LogP contribution in [0.2, 0.25) is 0 Å². The molecule has 0 saturated carbocycles. The number of hydrogen-bond donors (Lipinski definition) is 1. The highest BCUT2D eigenvalue weighted by atomic mass is 32.2. The number of carbonyl (C=O) groups is 1. The van der Waals surface area contributed by atoms with E-state index in [1.807, 2.05) is 0 Å². The molecule has 2 unspecified atom stereocenters. The average Bonchev–Trinajstić information content (AvgIpc) is 2.80. The Morgan fingerprint density at radius 3 is 2.73 bits per heavy atom. The maximum atomic E-state index is 13.1. The summed E-state index contributed by atoms with van der Waals surface area (Å²) in [6.45, 7) is 1.49. The molecule has 3 rings (SSSR count). The van der Waals surface area contributed by atoms with Crippen molar-refractivity contribution in [3.63, 3.8) is 0 Å². The number of methoxy groups -OCH3 is 1. The van der Waals surface area contributed by atoms with Crippen molar-refractivity contribution >= 4 is 16.0 Å². The first-order valence-corrected chi connectivity index (χ1v) is 8.91. The predicted octanol–water partition coefficient (Wildman–Crippen LogP) is 0.988. The van der Waals surface area contributed by atoms with Crippen LogP contribution in [-0.4, -0.2) is 51.0 Å². The van der Waals surface area contributed by atoms with Crippen molar-refractivity contribution in [3.05, 3.63) is 29.8 Å². The lowest BCUT2D eigenvalue weighted by Gasteiger charge is -2.27. The number of carbonyl (C=O) groups excluding carboxylic acids is 1. The van der Waals surface area contributed by atoms with E-state index < -0.39 is 16.0 Å². The molecule has 1 aromatic carbocycles. The van der Waals surface area contributed by atoms with Gasteiger partial charge in [-0.15, -0.1) is 0 Å². The summed E-state index contributed by atoms with van der Waals surface area (Å²) in [4.78, 5) is 11.9. The first-order chi connectivity index (χ1) is 10.6. The summed E-state index contributed by atoms with van der Waals surface area (Å²) in [5.41, 5.74) is 0.0987. The van der Waals surface area contributed by atoms with Crippen LogP contribution in [0, 0.1) is 0 Å². The van der Waals surface area contributed by atoms with Gasteiger partial charge in [-0.3, -0.25) is 0 Å². The third-order valence-corrected chi connectivity index (χ3v) is 6.50. The van der Waals surface area contributed by atoms with E-state index in [2.05, 4.69) is 5.32 Å². The van der Waals surface area contributed by atoms with E-state index in [-0.39, 0.29) is 22.5 Å². The molecule has 1 aromatic rings. The van der Waals surface area contributed by atoms with Crippen LogP contribution in [0.3, 0.4) is 0 Å². The molecule has 2 saturated heterocycles. The van der Waals surface area contributed by atoms with Crippen molar-refractivity contribution < 1.29 is 17.9 Å². The molecular formula is C15H20N2O4S. The zero-order chi connectivity index (χ0) is 15.7. The van der Waals surface area contributed by atoms with Gasteiger partial charge >= 0.3 is 5.97 Å². The maximum absolute atomic E-state index is 13.1. The highest BCUT2D eigenvalue weighted by Crippen LogP contribution is 2.34. The summed E-state index contributed by atoms with van der Waals surface area (Å²) in [5, 5.41) is 3.28. The van der Waals surface area contributed by atoms with Gasteiger partial charge in [-0.25, -0.2) is 13.2 Å². The standard InChI is InChI=1S/C15H20N2O4S/c1-21-15(18)13-4-2-3-5-14(13)22(19,20)17-11-6-7-12(17)10-16-9-8-11/h2-5,11-12,16H,6-10H2,1H3. The first kappa shape index (κ1) is 15.5. The smallest absolute Gasteiger partial charge is 0.339 e. The van der Waals surface area contributed by atoms with Gasteiger partial charge < -0.3 is 10.1 Å². The fraction of sp³-hybridized carbons (Fsp3) is 0.533.